The number of fused-ring (bicyclic) bond motifs is 1. The normalized spacial score (nSPS) is 19.8. The van der Waals surface area contributed by atoms with Crippen molar-refractivity contribution < 1.29 is 9.53 Å². The topological polar surface area (TPSA) is 58.6 Å². The van der Waals surface area contributed by atoms with Crippen LogP contribution in [0.4, 0.5) is 0 Å². The molecule has 0 bridgehead atoms. The van der Waals surface area contributed by atoms with E-state index in [1.807, 2.05) is 30.0 Å². The first-order chi connectivity index (χ1) is 14.2. The predicted molar refractivity (Wildman–Crippen MR) is 116 cm³/mol. The van der Waals surface area contributed by atoms with E-state index in [2.05, 4.69) is 11.0 Å². The first-order valence-corrected chi connectivity index (χ1v) is 11.6. The van der Waals surface area contributed by atoms with Crippen molar-refractivity contribution in [3.63, 3.8) is 0 Å². The molecule has 2 saturated heterocycles. The molecule has 2 aliphatic rings. The summed E-state index contributed by atoms with van der Waals surface area (Å²) in [6.07, 6.45) is 4.69. The highest BCUT2D eigenvalue weighted by Gasteiger charge is 2.24. The van der Waals surface area contributed by atoms with Crippen LogP contribution in [0.3, 0.4) is 0 Å². The Labute approximate surface area is 177 Å². The number of hydrogen-bond donors (Lipinski definition) is 0. The Kier molecular flexibility index (Phi) is 7.00. The van der Waals surface area contributed by atoms with Crippen LogP contribution < -0.4 is 0 Å². The number of carbonyl (C=O) groups excluding carboxylic acids is 1. The molecule has 2 fully saturated rings. The van der Waals surface area contributed by atoms with E-state index in [1.54, 1.807) is 11.8 Å². The van der Waals surface area contributed by atoms with Gasteiger partial charge in [0.1, 0.15) is 10.9 Å². The zero-order valence-corrected chi connectivity index (χ0v) is 18.0. The van der Waals surface area contributed by atoms with E-state index < -0.39 is 0 Å². The average molecular weight is 415 g/mol. The van der Waals surface area contributed by atoms with E-state index in [9.17, 15) is 4.79 Å². The van der Waals surface area contributed by atoms with Crippen molar-refractivity contribution in [2.45, 2.75) is 49.4 Å². The number of likely N-dealkylation sites (tertiary alicyclic amines) is 1. The monoisotopic (exact) mass is 414 g/mol. The minimum atomic E-state index is -0.150. The number of ether oxygens (including phenoxy) is 1. The van der Waals surface area contributed by atoms with Gasteiger partial charge in [-0.1, -0.05) is 42.8 Å². The van der Waals surface area contributed by atoms with Crippen molar-refractivity contribution in [3.05, 3.63) is 30.1 Å². The Balaban J connectivity index is 1.53. The third-order valence-corrected chi connectivity index (χ3v) is 6.73. The number of hydrogen-bond acceptors (Lipinski definition) is 6. The minimum absolute atomic E-state index is 0.150. The van der Waals surface area contributed by atoms with E-state index in [4.69, 9.17) is 14.7 Å². The van der Waals surface area contributed by atoms with Crippen LogP contribution in [0.1, 0.15) is 38.4 Å². The molecular formula is C22H30N4O2S. The van der Waals surface area contributed by atoms with Gasteiger partial charge in [0.2, 0.25) is 5.91 Å². The van der Waals surface area contributed by atoms with Gasteiger partial charge in [-0.2, -0.15) is 0 Å². The van der Waals surface area contributed by atoms with Gasteiger partial charge in [-0.25, -0.2) is 9.97 Å². The number of benzene rings is 1. The van der Waals surface area contributed by atoms with E-state index >= 15 is 0 Å². The van der Waals surface area contributed by atoms with Crippen LogP contribution in [-0.4, -0.2) is 70.3 Å². The molecule has 2 aliphatic heterocycles. The van der Waals surface area contributed by atoms with Crippen LogP contribution in [0.2, 0.25) is 0 Å². The first-order valence-electron chi connectivity index (χ1n) is 10.7. The number of rotatable bonds is 5. The number of amides is 1. The number of para-hydroxylation sites is 1. The van der Waals surface area contributed by atoms with Crippen LogP contribution in [-0.2, 0) is 16.1 Å². The van der Waals surface area contributed by atoms with Crippen LogP contribution in [0.25, 0.3) is 10.9 Å². The maximum Gasteiger partial charge on any atom is 0.235 e. The fourth-order valence-corrected chi connectivity index (χ4v) is 5.02. The average Bonchev–Trinajstić information content (AvgIpc) is 3.03. The lowest BCUT2D eigenvalue weighted by atomic mass is 10.2. The van der Waals surface area contributed by atoms with Crippen LogP contribution in [0.15, 0.2) is 29.3 Å². The summed E-state index contributed by atoms with van der Waals surface area (Å²) >= 11 is 1.57. The number of aromatic nitrogens is 2. The molecule has 2 aromatic rings. The smallest absolute Gasteiger partial charge is 0.235 e. The quantitative estimate of drug-likeness (QED) is 0.552. The van der Waals surface area contributed by atoms with Crippen LogP contribution in [0.5, 0.6) is 0 Å². The lowest BCUT2D eigenvalue weighted by molar-refractivity contribution is -0.130. The van der Waals surface area contributed by atoms with E-state index in [0.29, 0.717) is 0 Å². The third-order valence-electron chi connectivity index (χ3n) is 5.64. The Bertz CT molecular complexity index is 833. The van der Waals surface area contributed by atoms with Crippen molar-refractivity contribution in [1.82, 2.24) is 19.8 Å². The summed E-state index contributed by atoms with van der Waals surface area (Å²) in [6, 6.07) is 8.11. The molecular weight excluding hydrogens is 384 g/mol. The second-order valence-electron chi connectivity index (χ2n) is 7.85. The summed E-state index contributed by atoms with van der Waals surface area (Å²) in [7, 11) is 0. The van der Waals surface area contributed by atoms with Gasteiger partial charge in [0.25, 0.3) is 0 Å². The van der Waals surface area contributed by atoms with Crippen molar-refractivity contribution >= 4 is 28.6 Å². The summed E-state index contributed by atoms with van der Waals surface area (Å²) in [6.45, 7) is 7.83. The Morgan fingerprint density at radius 2 is 1.79 bits per heavy atom. The molecule has 29 heavy (non-hydrogen) atoms. The summed E-state index contributed by atoms with van der Waals surface area (Å²) in [5.74, 6) is 1.05. The Morgan fingerprint density at radius 1 is 1.07 bits per heavy atom. The molecule has 0 spiro atoms. The second-order valence-corrected chi connectivity index (χ2v) is 9.18. The molecule has 1 aromatic heterocycles. The van der Waals surface area contributed by atoms with Gasteiger partial charge in [-0.05, 0) is 25.8 Å². The summed E-state index contributed by atoms with van der Waals surface area (Å²) < 4.78 is 5.45. The van der Waals surface area contributed by atoms with Gasteiger partial charge in [-0.3, -0.25) is 9.69 Å². The fraction of sp³-hybridized carbons (Fsp3) is 0.591. The van der Waals surface area contributed by atoms with Crippen molar-refractivity contribution in [2.75, 3.05) is 39.4 Å². The molecule has 156 valence electrons. The van der Waals surface area contributed by atoms with Crippen molar-refractivity contribution in [3.8, 4) is 0 Å². The number of nitrogens with zero attached hydrogens (tertiary/aromatic N) is 4. The lowest BCUT2D eigenvalue weighted by Gasteiger charge is -2.26. The van der Waals surface area contributed by atoms with Gasteiger partial charge in [0.15, 0.2) is 0 Å². The predicted octanol–water partition coefficient (Wildman–Crippen LogP) is 3.35. The largest absolute Gasteiger partial charge is 0.379 e. The maximum atomic E-state index is 13.0. The zero-order valence-electron chi connectivity index (χ0n) is 17.2. The highest BCUT2D eigenvalue weighted by molar-refractivity contribution is 8.00. The lowest BCUT2D eigenvalue weighted by Crippen LogP contribution is -2.37. The van der Waals surface area contributed by atoms with Crippen molar-refractivity contribution in [2.24, 2.45) is 0 Å². The highest BCUT2D eigenvalue weighted by atomic mass is 32.2. The van der Waals surface area contributed by atoms with Gasteiger partial charge in [-0.15, -0.1) is 0 Å². The fourth-order valence-electron chi connectivity index (χ4n) is 3.98. The van der Waals surface area contributed by atoms with Crippen LogP contribution in [0, 0.1) is 0 Å². The number of morpholine rings is 1. The molecule has 3 heterocycles. The molecule has 4 rings (SSSR count). The van der Waals surface area contributed by atoms with Crippen LogP contribution >= 0.6 is 11.8 Å². The van der Waals surface area contributed by atoms with E-state index in [-0.39, 0.29) is 11.2 Å². The molecule has 0 unspecified atom stereocenters. The standard InChI is InChI=1S/C22H30N4O2S/c1-17(22(27)26-10-6-2-3-7-11-26)29-21-18-8-4-5-9-19(18)23-20(24-21)16-25-12-14-28-15-13-25/h4-5,8-9,17H,2-3,6-7,10-16H2,1H3/t17-/m1/s1. The SMILES string of the molecule is C[C@@H](Sc1nc(CN2CCOCC2)nc2ccccc12)C(=O)N1CCCCCC1. The molecule has 7 heteroatoms. The molecule has 1 aromatic carbocycles. The number of carbonyl (C=O) groups is 1. The molecule has 1 atom stereocenters. The zero-order chi connectivity index (χ0) is 20.1. The van der Waals surface area contributed by atoms with Crippen molar-refractivity contribution in [1.29, 1.82) is 0 Å². The molecule has 0 radical (unpaired) electrons. The maximum absolute atomic E-state index is 13.0. The summed E-state index contributed by atoms with van der Waals surface area (Å²) in [5.41, 5.74) is 0.947. The number of thioether (sulfide) groups is 1. The van der Waals surface area contributed by atoms with Gasteiger partial charge in [0.05, 0.1) is 30.5 Å². The first kappa shape index (κ1) is 20.6. The Hall–Kier alpha value is -1.70. The summed E-state index contributed by atoms with van der Waals surface area (Å²) in [4.78, 5) is 27.1. The molecule has 0 N–H and O–H groups in total. The minimum Gasteiger partial charge on any atom is -0.379 e. The highest BCUT2D eigenvalue weighted by Crippen LogP contribution is 2.30. The summed E-state index contributed by atoms with van der Waals surface area (Å²) in [5, 5.41) is 1.79. The molecule has 0 saturated carbocycles. The van der Waals surface area contributed by atoms with E-state index in [1.165, 1.54) is 12.8 Å². The molecule has 0 aliphatic carbocycles. The van der Waals surface area contributed by atoms with Gasteiger partial charge < -0.3 is 9.64 Å². The molecule has 6 nitrogen and oxygen atoms in total. The van der Waals surface area contributed by atoms with E-state index in [0.717, 1.165) is 80.5 Å². The van der Waals surface area contributed by atoms with Gasteiger partial charge in [0, 0.05) is 31.6 Å². The third kappa shape index (κ3) is 5.27. The second kappa shape index (κ2) is 9.87. The Morgan fingerprint density at radius 3 is 2.55 bits per heavy atom. The molecule has 1 amide bonds. The van der Waals surface area contributed by atoms with Gasteiger partial charge >= 0.3 is 0 Å².